The number of nitrogens with one attached hydrogen (secondary N) is 2. The van der Waals surface area contributed by atoms with Crippen LogP contribution in [-0.2, 0) is 5.41 Å². The highest BCUT2D eigenvalue weighted by Gasteiger charge is 2.52. The van der Waals surface area contributed by atoms with Crippen molar-refractivity contribution in [2.75, 3.05) is 11.9 Å². The molecule has 0 saturated carbocycles. The van der Waals surface area contributed by atoms with Gasteiger partial charge in [-0.25, -0.2) is 0 Å². The van der Waals surface area contributed by atoms with Gasteiger partial charge in [0.1, 0.15) is 23.4 Å². The van der Waals surface area contributed by atoms with Crippen LogP contribution < -0.4 is 15.4 Å². The van der Waals surface area contributed by atoms with E-state index in [1.54, 1.807) is 0 Å². The number of dihydropyridines is 1. The van der Waals surface area contributed by atoms with E-state index in [2.05, 4.69) is 193 Å². The van der Waals surface area contributed by atoms with Crippen LogP contribution in [0.2, 0.25) is 0 Å². The van der Waals surface area contributed by atoms with Crippen molar-refractivity contribution in [1.82, 2.24) is 5.32 Å². The third-order valence-corrected chi connectivity index (χ3v) is 11.4. The number of fused-ring (bicyclic) bond motifs is 9. The molecule has 0 aromatic heterocycles. The molecule has 7 aromatic rings. The van der Waals surface area contributed by atoms with Crippen molar-refractivity contribution in [3.05, 3.63) is 227 Å². The first kappa shape index (κ1) is 30.7. The normalized spacial score (nSPS) is 16.8. The lowest BCUT2D eigenvalue weighted by Gasteiger charge is -2.40. The van der Waals surface area contributed by atoms with E-state index in [1.807, 2.05) is 0 Å². The Morgan fingerprint density at radius 1 is 0.556 bits per heavy atom. The summed E-state index contributed by atoms with van der Waals surface area (Å²) in [6.07, 6.45) is 4.56. The molecule has 1 spiro atoms. The van der Waals surface area contributed by atoms with Crippen LogP contribution in [0.5, 0.6) is 11.5 Å². The number of amidine groups is 1. The Morgan fingerprint density at radius 3 is 1.98 bits per heavy atom. The fraction of sp³-hybridized carbons (Fsp3) is 0.0600. The molecular formula is C50H35N3O. The van der Waals surface area contributed by atoms with Crippen molar-refractivity contribution in [3.8, 4) is 33.8 Å². The molecule has 2 N–H and O–H groups in total. The SMILES string of the molecule is C1=CC2=C(NC1)c1ccc(-c3ccc(-c4cccc(C5=NC(c6ccccc6)c6ccccc6N5)c4)cc3)cc1C21c2ccccc2Oc2ccccc21. The maximum atomic E-state index is 6.54. The molecular weight excluding hydrogens is 659 g/mol. The fourth-order valence-corrected chi connectivity index (χ4v) is 8.99. The Bertz CT molecular complexity index is 2680. The van der Waals surface area contributed by atoms with Gasteiger partial charge in [0.05, 0.1) is 5.41 Å². The summed E-state index contributed by atoms with van der Waals surface area (Å²) >= 11 is 0. The number of hydrogen-bond donors (Lipinski definition) is 2. The molecule has 4 aliphatic rings. The van der Waals surface area contributed by atoms with E-state index in [1.165, 1.54) is 55.8 Å². The molecule has 11 rings (SSSR count). The van der Waals surface area contributed by atoms with Crippen LogP contribution in [0.1, 0.15) is 45.0 Å². The smallest absolute Gasteiger partial charge is 0.133 e. The van der Waals surface area contributed by atoms with Gasteiger partial charge in [0.2, 0.25) is 0 Å². The fourth-order valence-electron chi connectivity index (χ4n) is 8.99. The Balaban J connectivity index is 0.970. The number of anilines is 1. The van der Waals surface area contributed by atoms with Gasteiger partial charge in [-0.3, -0.25) is 4.99 Å². The van der Waals surface area contributed by atoms with Crippen molar-refractivity contribution in [1.29, 1.82) is 0 Å². The minimum Gasteiger partial charge on any atom is -0.457 e. The summed E-state index contributed by atoms with van der Waals surface area (Å²) in [6, 6.07) is 60.7. The second-order valence-electron chi connectivity index (χ2n) is 14.3. The Kier molecular flexibility index (Phi) is 6.86. The first-order valence-corrected chi connectivity index (χ1v) is 18.6. The quantitative estimate of drug-likeness (QED) is 0.193. The highest BCUT2D eigenvalue weighted by atomic mass is 16.5. The van der Waals surface area contributed by atoms with Gasteiger partial charge in [-0.05, 0) is 69.3 Å². The van der Waals surface area contributed by atoms with E-state index in [4.69, 9.17) is 9.73 Å². The molecule has 0 saturated heterocycles. The van der Waals surface area contributed by atoms with Crippen molar-refractivity contribution in [2.45, 2.75) is 11.5 Å². The number of nitrogens with zero attached hydrogens (tertiary/aromatic N) is 1. The first-order valence-electron chi connectivity index (χ1n) is 18.6. The molecule has 0 fully saturated rings. The second kappa shape index (κ2) is 12.1. The monoisotopic (exact) mass is 693 g/mol. The Labute approximate surface area is 314 Å². The third-order valence-electron chi connectivity index (χ3n) is 11.4. The predicted molar refractivity (Wildman–Crippen MR) is 219 cm³/mol. The van der Waals surface area contributed by atoms with Gasteiger partial charge in [-0.15, -0.1) is 0 Å². The van der Waals surface area contributed by atoms with Crippen molar-refractivity contribution < 1.29 is 4.74 Å². The predicted octanol–water partition coefficient (Wildman–Crippen LogP) is 11.3. The minimum atomic E-state index is -0.494. The van der Waals surface area contributed by atoms with Crippen molar-refractivity contribution in [2.24, 2.45) is 4.99 Å². The second-order valence-corrected chi connectivity index (χ2v) is 14.3. The van der Waals surface area contributed by atoms with Crippen LogP contribution >= 0.6 is 0 Å². The number of hydrogen-bond acceptors (Lipinski definition) is 4. The zero-order valence-corrected chi connectivity index (χ0v) is 29.5. The molecule has 4 heteroatoms. The van der Waals surface area contributed by atoms with E-state index in [9.17, 15) is 0 Å². The van der Waals surface area contributed by atoms with Crippen LogP contribution in [0.4, 0.5) is 5.69 Å². The summed E-state index contributed by atoms with van der Waals surface area (Å²) in [5, 5.41) is 7.37. The van der Waals surface area contributed by atoms with E-state index < -0.39 is 5.41 Å². The standard InChI is InChI=1S/C50H35N3O/c1-2-12-34(13-3-1)47-39-16-4-7-20-44(39)52-49(53-47)37-15-10-14-35(30-37)32-23-25-33(26-24-32)36-27-28-38-43(31-36)50(42-19-11-29-51-48(38)42)40-17-5-8-21-45(40)54-46-22-9-6-18-41(46)50/h1-28,30-31,47,51H,29H2,(H,52,53). The molecule has 4 nitrogen and oxygen atoms in total. The zero-order chi connectivity index (χ0) is 35.6. The Morgan fingerprint density at radius 2 is 1.20 bits per heavy atom. The maximum Gasteiger partial charge on any atom is 0.133 e. The van der Waals surface area contributed by atoms with E-state index >= 15 is 0 Å². The summed E-state index contributed by atoms with van der Waals surface area (Å²) in [4.78, 5) is 5.26. The van der Waals surface area contributed by atoms with E-state index in [0.29, 0.717) is 0 Å². The average molecular weight is 694 g/mol. The number of aliphatic imine (C=N–C) groups is 1. The third kappa shape index (κ3) is 4.60. The maximum absolute atomic E-state index is 6.54. The van der Waals surface area contributed by atoms with Crippen LogP contribution in [0.3, 0.4) is 0 Å². The van der Waals surface area contributed by atoms with Crippen LogP contribution in [0.25, 0.3) is 28.0 Å². The van der Waals surface area contributed by atoms with Crippen LogP contribution in [-0.4, -0.2) is 12.4 Å². The molecule has 0 bridgehead atoms. The molecule has 3 heterocycles. The number of allylic oxidation sites excluding steroid dienone is 2. The molecule has 1 atom stereocenters. The van der Waals surface area contributed by atoms with Gasteiger partial charge in [-0.1, -0.05) is 152 Å². The molecule has 0 amide bonds. The molecule has 54 heavy (non-hydrogen) atoms. The van der Waals surface area contributed by atoms with E-state index in [0.717, 1.165) is 46.3 Å². The van der Waals surface area contributed by atoms with Crippen molar-refractivity contribution >= 4 is 17.2 Å². The largest absolute Gasteiger partial charge is 0.457 e. The molecule has 0 radical (unpaired) electrons. The molecule has 1 unspecified atom stereocenters. The van der Waals surface area contributed by atoms with Crippen molar-refractivity contribution in [3.63, 3.8) is 0 Å². The van der Waals surface area contributed by atoms with Gasteiger partial charge < -0.3 is 15.4 Å². The Hall–Kier alpha value is -6.91. The lowest BCUT2D eigenvalue weighted by molar-refractivity contribution is 0.435. The van der Waals surface area contributed by atoms with Crippen LogP contribution in [0.15, 0.2) is 193 Å². The molecule has 256 valence electrons. The van der Waals surface area contributed by atoms with Crippen LogP contribution in [0, 0.1) is 0 Å². The first-order chi connectivity index (χ1) is 26.8. The van der Waals surface area contributed by atoms with Gasteiger partial charge in [0.15, 0.2) is 0 Å². The summed E-state index contributed by atoms with van der Waals surface area (Å²) in [5.74, 6) is 2.69. The van der Waals surface area contributed by atoms with Gasteiger partial charge in [0, 0.05) is 45.7 Å². The van der Waals surface area contributed by atoms with Gasteiger partial charge in [-0.2, -0.15) is 0 Å². The summed E-state index contributed by atoms with van der Waals surface area (Å²) in [6.45, 7) is 0.808. The summed E-state index contributed by atoms with van der Waals surface area (Å²) in [7, 11) is 0. The van der Waals surface area contributed by atoms with Gasteiger partial charge in [0.25, 0.3) is 0 Å². The zero-order valence-electron chi connectivity index (χ0n) is 29.5. The molecule has 7 aromatic carbocycles. The molecule has 3 aliphatic heterocycles. The summed E-state index contributed by atoms with van der Waals surface area (Å²) in [5.41, 5.74) is 16.0. The number of para-hydroxylation sites is 3. The number of ether oxygens (including phenoxy) is 1. The van der Waals surface area contributed by atoms with E-state index in [-0.39, 0.29) is 6.04 Å². The molecule has 1 aliphatic carbocycles. The van der Waals surface area contributed by atoms with Gasteiger partial charge >= 0.3 is 0 Å². The lowest BCUT2D eigenvalue weighted by atomic mass is 9.65. The summed E-state index contributed by atoms with van der Waals surface area (Å²) < 4.78 is 6.54. The highest BCUT2D eigenvalue weighted by molar-refractivity contribution is 6.10. The topological polar surface area (TPSA) is 45.7 Å². The number of benzene rings is 7. The number of rotatable bonds is 4. The lowest BCUT2D eigenvalue weighted by Crippen LogP contribution is -2.33. The average Bonchev–Trinajstić information content (AvgIpc) is 3.53. The minimum absolute atomic E-state index is 0.0660. The highest BCUT2D eigenvalue weighted by Crippen LogP contribution is 2.61.